The van der Waals surface area contributed by atoms with Crippen molar-refractivity contribution in [1.82, 2.24) is 0 Å². The first-order chi connectivity index (χ1) is 18.8. The highest BCUT2D eigenvalue weighted by molar-refractivity contribution is 5.96. The summed E-state index contributed by atoms with van der Waals surface area (Å²) < 4.78 is 74.1. The van der Waals surface area contributed by atoms with Gasteiger partial charge in [-0.15, -0.1) is 13.2 Å². The van der Waals surface area contributed by atoms with E-state index in [1.807, 2.05) is 6.92 Å². The summed E-state index contributed by atoms with van der Waals surface area (Å²) >= 11 is 0. The van der Waals surface area contributed by atoms with E-state index in [1.165, 1.54) is 36.5 Å². The van der Waals surface area contributed by atoms with Crippen LogP contribution in [0.15, 0.2) is 116 Å². The Bertz CT molecular complexity index is 1150. The second kappa shape index (κ2) is 15.6. The van der Waals surface area contributed by atoms with Crippen molar-refractivity contribution in [3.05, 3.63) is 122 Å². The Morgan fingerprint density at radius 1 is 0.900 bits per heavy atom. The lowest BCUT2D eigenvalue weighted by Gasteiger charge is -2.35. The average Bonchev–Trinajstić information content (AvgIpc) is 2.88. The molecule has 0 saturated heterocycles. The van der Waals surface area contributed by atoms with Gasteiger partial charge in [0, 0.05) is 25.1 Å². The summed E-state index contributed by atoms with van der Waals surface area (Å²) in [6.45, 7) is 17.3. The molecule has 0 amide bonds. The van der Waals surface area contributed by atoms with Crippen LogP contribution >= 0.6 is 0 Å². The Morgan fingerprint density at radius 3 is 1.80 bits per heavy atom. The Hall–Kier alpha value is -3.98. The minimum atomic E-state index is -4.84. The molecule has 1 atom stereocenters. The number of alkyl halides is 5. The number of hydrogen-bond acceptors (Lipinski definition) is 4. The maximum atomic E-state index is 13.4. The zero-order valence-electron chi connectivity index (χ0n) is 22.7. The quantitative estimate of drug-likeness (QED) is 0.151. The third kappa shape index (κ3) is 11.0. The van der Waals surface area contributed by atoms with E-state index >= 15 is 0 Å². The average molecular weight is 563 g/mol. The molecule has 0 spiro atoms. The zero-order valence-corrected chi connectivity index (χ0v) is 22.7. The number of benzene rings is 2. The van der Waals surface area contributed by atoms with Gasteiger partial charge < -0.3 is 15.2 Å². The van der Waals surface area contributed by atoms with Crippen LogP contribution in [0.1, 0.15) is 37.8 Å². The normalized spacial score (nSPS) is 13.7. The topological polar surface area (TPSA) is 56.8 Å². The third-order valence-electron chi connectivity index (χ3n) is 5.71. The van der Waals surface area contributed by atoms with E-state index in [-0.39, 0.29) is 11.5 Å². The number of rotatable bonds is 13. The molecule has 0 aliphatic rings. The summed E-state index contributed by atoms with van der Waals surface area (Å²) in [6, 6.07) is 11.9. The molecule has 2 aromatic carbocycles. The van der Waals surface area contributed by atoms with Crippen LogP contribution in [-0.2, 0) is 5.41 Å². The highest BCUT2D eigenvalue weighted by Gasteiger charge is 2.36. The number of hydrogen-bond donors (Lipinski definition) is 1. The van der Waals surface area contributed by atoms with Crippen molar-refractivity contribution >= 4 is 5.71 Å². The van der Waals surface area contributed by atoms with Crippen molar-refractivity contribution < 1.29 is 31.4 Å². The van der Waals surface area contributed by atoms with Crippen LogP contribution in [0, 0.1) is 0 Å². The molecule has 0 saturated carbocycles. The molecule has 1 unspecified atom stereocenters. The van der Waals surface area contributed by atoms with E-state index in [4.69, 9.17) is 10.5 Å². The molecule has 2 N–H and O–H groups in total. The molecule has 9 heteroatoms. The van der Waals surface area contributed by atoms with Gasteiger partial charge in [0.2, 0.25) is 0 Å². The predicted molar refractivity (Wildman–Crippen MR) is 152 cm³/mol. The number of ether oxygens (including phenoxy) is 2. The minimum absolute atomic E-state index is 0.0524. The largest absolute Gasteiger partial charge is 0.573 e. The van der Waals surface area contributed by atoms with E-state index in [0.29, 0.717) is 37.4 Å². The number of allylic oxidation sites excluding steroid dienone is 4. The monoisotopic (exact) mass is 562 g/mol. The fourth-order valence-electron chi connectivity index (χ4n) is 3.96. The zero-order chi connectivity index (χ0) is 30.4. The molecule has 0 aliphatic heterocycles. The maximum Gasteiger partial charge on any atom is 0.573 e. The summed E-state index contributed by atoms with van der Waals surface area (Å²) in [6.07, 6.45) is 0.559. The van der Waals surface area contributed by atoms with Gasteiger partial charge in [0.1, 0.15) is 11.5 Å². The molecule has 40 heavy (non-hydrogen) atoms. The van der Waals surface area contributed by atoms with Crippen molar-refractivity contribution in [3.8, 4) is 11.5 Å². The van der Waals surface area contributed by atoms with E-state index < -0.39 is 17.9 Å². The Morgan fingerprint density at radius 2 is 1.45 bits per heavy atom. The molecular formula is C31H35F5N2O2. The standard InChI is InChI=1S/C25H25F5O2.C6H10N2/c1-5-10-18(6-2)17-24(7-3,19-11-8-13-21(15-19)31-23(4,26)27)20-12-9-14-22(16-20)32-25(28,29)30;1-3-6(5-7)8-4-2/h5-6,8-16H,1-2,7,17H2,3-4H3;3-4H,1-2,5,7H2/b18-10+;. The first-order valence-corrected chi connectivity index (χ1v) is 12.2. The Kier molecular flexibility index (Phi) is 13.3. The van der Waals surface area contributed by atoms with Gasteiger partial charge in [0.25, 0.3) is 0 Å². The number of nitrogens with zero attached hydrogens (tertiary/aromatic N) is 1. The van der Waals surface area contributed by atoms with E-state index in [1.54, 1.807) is 42.5 Å². The molecule has 0 bridgehead atoms. The van der Waals surface area contributed by atoms with Crippen molar-refractivity contribution in [2.75, 3.05) is 6.54 Å². The first kappa shape index (κ1) is 34.0. The lowest BCUT2D eigenvalue weighted by Crippen LogP contribution is -2.28. The maximum absolute atomic E-state index is 13.4. The fourth-order valence-corrected chi connectivity index (χ4v) is 3.96. The summed E-state index contributed by atoms with van der Waals surface area (Å²) in [4.78, 5) is 3.80. The summed E-state index contributed by atoms with van der Waals surface area (Å²) in [5.74, 6) is -0.420. The lowest BCUT2D eigenvalue weighted by molar-refractivity contribution is -0.274. The second-order valence-electron chi connectivity index (χ2n) is 8.52. The van der Waals surface area contributed by atoms with Gasteiger partial charge in [-0.25, -0.2) is 0 Å². The van der Waals surface area contributed by atoms with Gasteiger partial charge in [-0.05, 0) is 59.9 Å². The Balaban J connectivity index is 0.000000869. The first-order valence-electron chi connectivity index (χ1n) is 12.2. The van der Waals surface area contributed by atoms with Gasteiger partial charge in [-0.1, -0.05) is 75.7 Å². The van der Waals surface area contributed by atoms with Crippen molar-refractivity contribution in [1.29, 1.82) is 0 Å². The van der Waals surface area contributed by atoms with Gasteiger partial charge in [-0.2, -0.15) is 8.78 Å². The SMILES string of the molecule is C=C/C=C(\C=C)CC(CC)(c1cccc(OC(C)(F)F)c1)c1cccc(OC(F)(F)F)c1.C=CN=C(C=C)CN. The van der Waals surface area contributed by atoms with Crippen LogP contribution < -0.4 is 15.2 Å². The molecule has 0 heterocycles. The number of nitrogens with two attached hydrogens (primary N) is 1. The third-order valence-corrected chi connectivity index (χ3v) is 5.71. The molecule has 4 nitrogen and oxygen atoms in total. The number of aliphatic imine (C=N–C) groups is 1. The van der Waals surface area contributed by atoms with Gasteiger partial charge in [0.05, 0.1) is 5.71 Å². The molecule has 2 rings (SSSR count). The van der Waals surface area contributed by atoms with Crippen LogP contribution in [0.25, 0.3) is 0 Å². The molecule has 216 valence electrons. The molecule has 2 aromatic rings. The Labute approximate surface area is 232 Å². The van der Waals surface area contributed by atoms with Gasteiger partial charge >= 0.3 is 12.5 Å². The van der Waals surface area contributed by atoms with E-state index in [2.05, 4.69) is 36.0 Å². The number of halogens is 5. The molecule has 0 radical (unpaired) electrons. The lowest BCUT2D eigenvalue weighted by atomic mass is 9.68. The molecular weight excluding hydrogens is 527 g/mol. The van der Waals surface area contributed by atoms with Crippen molar-refractivity contribution in [3.63, 3.8) is 0 Å². The van der Waals surface area contributed by atoms with Gasteiger partial charge in [-0.3, -0.25) is 4.99 Å². The summed E-state index contributed by atoms with van der Waals surface area (Å²) in [7, 11) is 0. The van der Waals surface area contributed by atoms with Crippen LogP contribution in [0.4, 0.5) is 22.0 Å². The highest BCUT2D eigenvalue weighted by atomic mass is 19.4. The second-order valence-corrected chi connectivity index (χ2v) is 8.52. The fraction of sp³-hybridized carbons (Fsp3) is 0.258. The van der Waals surface area contributed by atoms with Crippen molar-refractivity contribution in [2.24, 2.45) is 10.7 Å². The highest BCUT2D eigenvalue weighted by Crippen LogP contribution is 2.44. The predicted octanol–water partition coefficient (Wildman–Crippen LogP) is 8.68. The van der Waals surface area contributed by atoms with Crippen LogP contribution in [0.5, 0.6) is 11.5 Å². The van der Waals surface area contributed by atoms with Crippen molar-refractivity contribution in [2.45, 2.75) is 44.6 Å². The molecule has 0 fully saturated rings. The van der Waals surface area contributed by atoms with Crippen LogP contribution in [0.3, 0.4) is 0 Å². The molecule has 0 aliphatic carbocycles. The van der Waals surface area contributed by atoms with E-state index in [0.717, 1.165) is 11.3 Å². The molecule has 0 aromatic heterocycles. The summed E-state index contributed by atoms with van der Waals surface area (Å²) in [5.41, 5.74) is 7.01. The van der Waals surface area contributed by atoms with Gasteiger partial charge in [0.15, 0.2) is 0 Å². The van der Waals surface area contributed by atoms with Crippen LogP contribution in [0.2, 0.25) is 0 Å². The van der Waals surface area contributed by atoms with E-state index in [9.17, 15) is 22.0 Å². The van der Waals surface area contributed by atoms with Crippen LogP contribution in [-0.4, -0.2) is 24.7 Å². The minimum Gasteiger partial charge on any atom is -0.433 e. The summed E-state index contributed by atoms with van der Waals surface area (Å²) in [5, 5.41) is 0. The smallest absolute Gasteiger partial charge is 0.433 e.